The number of rotatable bonds is 2. The lowest BCUT2D eigenvalue weighted by molar-refractivity contribution is 0.102. The molecule has 5 heteroatoms. The van der Waals surface area contributed by atoms with Crippen LogP contribution in [0.5, 0.6) is 0 Å². The van der Waals surface area contributed by atoms with Crippen LogP contribution in [0.25, 0.3) is 0 Å². The van der Waals surface area contributed by atoms with Crippen molar-refractivity contribution in [1.29, 1.82) is 0 Å². The van der Waals surface area contributed by atoms with Gasteiger partial charge in [-0.15, -0.1) is 0 Å². The van der Waals surface area contributed by atoms with E-state index in [9.17, 15) is 4.79 Å². The Morgan fingerprint density at radius 1 is 1.28 bits per heavy atom. The first-order valence-electron chi connectivity index (χ1n) is 5.67. The maximum absolute atomic E-state index is 11.9. The first-order valence-corrected chi connectivity index (χ1v) is 5.67. The molecule has 0 unspecified atom stereocenters. The van der Waals surface area contributed by atoms with Crippen molar-refractivity contribution in [1.82, 2.24) is 4.98 Å². The molecule has 92 valence electrons. The molecule has 0 spiro atoms. The Morgan fingerprint density at radius 3 is 2.89 bits per heavy atom. The normalized spacial score (nSPS) is 13.3. The van der Waals surface area contributed by atoms with Gasteiger partial charge in [-0.25, -0.2) is 0 Å². The molecule has 1 aliphatic rings. The zero-order valence-corrected chi connectivity index (χ0v) is 9.69. The van der Waals surface area contributed by atoms with Crippen LogP contribution in [-0.2, 0) is 18.0 Å². The zero-order valence-electron chi connectivity index (χ0n) is 9.69. The average Bonchev–Trinajstić information content (AvgIpc) is 2.96. The van der Waals surface area contributed by atoms with E-state index in [1.807, 2.05) is 18.2 Å². The van der Waals surface area contributed by atoms with Crippen molar-refractivity contribution in [2.75, 3.05) is 11.1 Å². The molecule has 2 aromatic rings. The van der Waals surface area contributed by atoms with Crippen LogP contribution in [0, 0.1) is 0 Å². The lowest BCUT2D eigenvalue weighted by Gasteiger charge is -2.05. The van der Waals surface area contributed by atoms with Crippen LogP contribution in [0.1, 0.15) is 21.6 Å². The van der Waals surface area contributed by atoms with Crippen molar-refractivity contribution in [3.8, 4) is 0 Å². The molecule has 0 aliphatic carbocycles. The third kappa shape index (κ3) is 1.96. The fraction of sp³-hybridized carbons (Fsp3) is 0.154. The fourth-order valence-electron chi connectivity index (χ4n) is 1.99. The van der Waals surface area contributed by atoms with Gasteiger partial charge >= 0.3 is 0 Å². The van der Waals surface area contributed by atoms with E-state index in [0.29, 0.717) is 24.6 Å². The van der Waals surface area contributed by atoms with E-state index in [0.717, 1.165) is 11.3 Å². The number of aromatic nitrogens is 1. The standard InChI is InChI=1S/C13H13N3O2/c14-10-4-12(15-5-10)13(17)16-11-2-1-8-6-18-7-9(8)3-11/h1-5,15H,6-7,14H2,(H,16,17). The maximum Gasteiger partial charge on any atom is 0.272 e. The largest absolute Gasteiger partial charge is 0.397 e. The monoisotopic (exact) mass is 243 g/mol. The maximum atomic E-state index is 11.9. The lowest BCUT2D eigenvalue weighted by atomic mass is 10.1. The number of nitrogen functional groups attached to an aromatic ring is 1. The highest BCUT2D eigenvalue weighted by atomic mass is 16.5. The van der Waals surface area contributed by atoms with Crippen LogP contribution in [0.4, 0.5) is 11.4 Å². The number of fused-ring (bicyclic) bond motifs is 1. The Kier molecular flexibility index (Phi) is 2.53. The minimum absolute atomic E-state index is 0.203. The quantitative estimate of drug-likeness (QED) is 0.753. The molecule has 0 fully saturated rings. The second-order valence-electron chi connectivity index (χ2n) is 4.28. The van der Waals surface area contributed by atoms with Gasteiger partial charge in [-0.2, -0.15) is 0 Å². The second-order valence-corrected chi connectivity index (χ2v) is 4.28. The Balaban J connectivity index is 1.78. The van der Waals surface area contributed by atoms with Gasteiger partial charge in [0.2, 0.25) is 0 Å². The topological polar surface area (TPSA) is 80.1 Å². The van der Waals surface area contributed by atoms with Gasteiger partial charge in [-0.05, 0) is 29.3 Å². The van der Waals surface area contributed by atoms with Crippen molar-refractivity contribution in [2.24, 2.45) is 0 Å². The molecule has 1 aromatic carbocycles. The third-order valence-electron chi connectivity index (χ3n) is 2.93. The van der Waals surface area contributed by atoms with E-state index >= 15 is 0 Å². The van der Waals surface area contributed by atoms with Gasteiger partial charge in [-0.3, -0.25) is 4.79 Å². The van der Waals surface area contributed by atoms with Crippen LogP contribution in [0.15, 0.2) is 30.5 Å². The third-order valence-corrected chi connectivity index (χ3v) is 2.93. The van der Waals surface area contributed by atoms with Crippen LogP contribution in [0.3, 0.4) is 0 Å². The Hall–Kier alpha value is -2.27. The number of nitrogens with one attached hydrogen (secondary N) is 2. The highest BCUT2D eigenvalue weighted by molar-refractivity contribution is 6.03. The molecule has 0 radical (unpaired) electrons. The zero-order chi connectivity index (χ0) is 12.5. The Bertz CT molecular complexity index is 604. The number of amides is 1. The van der Waals surface area contributed by atoms with E-state index in [1.165, 1.54) is 5.56 Å². The van der Waals surface area contributed by atoms with Crippen LogP contribution in [0.2, 0.25) is 0 Å². The Morgan fingerprint density at radius 2 is 2.11 bits per heavy atom. The summed E-state index contributed by atoms with van der Waals surface area (Å²) in [6.07, 6.45) is 1.59. The molecule has 3 rings (SSSR count). The van der Waals surface area contributed by atoms with E-state index in [4.69, 9.17) is 10.5 Å². The van der Waals surface area contributed by atoms with E-state index < -0.39 is 0 Å². The van der Waals surface area contributed by atoms with Crippen LogP contribution in [-0.4, -0.2) is 10.9 Å². The number of H-pyrrole nitrogens is 1. The molecular formula is C13H13N3O2. The molecule has 18 heavy (non-hydrogen) atoms. The predicted molar refractivity (Wildman–Crippen MR) is 68.1 cm³/mol. The second kappa shape index (κ2) is 4.19. The van der Waals surface area contributed by atoms with Gasteiger partial charge in [-0.1, -0.05) is 6.07 Å². The number of carbonyl (C=O) groups is 1. The molecular weight excluding hydrogens is 230 g/mol. The van der Waals surface area contributed by atoms with Crippen molar-refractivity contribution in [2.45, 2.75) is 13.2 Å². The number of hydrogen-bond acceptors (Lipinski definition) is 3. The van der Waals surface area contributed by atoms with Gasteiger partial charge in [0.1, 0.15) is 5.69 Å². The molecule has 1 aliphatic heterocycles. The summed E-state index contributed by atoms with van der Waals surface area (Å²) in [5.74, 6) is -0.203. The summed E-state index contributed by atoms with van der Waals surface area (Å²) in [5, 5.41) is 2.82. The highest BCUT2D eigenvalue weighted by Gasteiger charge is 2.13. The lowest BCUT2D eigenvalue weighted by Crippen LogP contribution is -2.12. The van der Waals surface area contributed by atoms with E-state index in [-0.39, 0.29) is 5.91 Å². The van der Waals surface area contributed by atoms with E-state index in [2.05, 4.69) is 10.3 Å². The van der Waals surface area contributed by atoms with E-state index in [1.54, 1.807) is 12.3 Å². The number of hydrogen-bond donors (Lipinski definition) is 3. The summed E-state index contributed by atoms with van der Waals surface area (Å²) in [6, 6.07) is 7.39. The van der Waals surface area contributed by atoms with Gasteiger partial charge in [0.25, 0.3) is 5.91 Å². The Labute approximate surface area is 104 Å². The van der Waals surface area contributed by atoms with Crippen molar-refractivity contribution in [3.05, 3.63) is 47.3 Å². The average molecular weight is 243 g/mol. The molecule has 0 atom stereocenters. The smallest absolute Gasteiger partial charge is 0.272 e. The highest BCUT2D eigenvalue weighted by Crippen LogP contribution is 2.23. The van der Waals surface area contributed by atoms with Crippen molar-refractivity contribution in [3.63, 3.8) is 0 Å². The van der Waals surface area contributed by atoms with Gasteiger partial charge in [0.15, 0.2) is 0 Å². The van der Waals surface area contributed by atoms with Crippen molar-refractivity contribution >= 4 is 17.3 Å². The van der Waals surface area contributed by atoms with Crippen LogP contribution < -0.4 is 11.1 Å². The first kappa shape index (κ1) is 10.9. The summed E-state index contributed by atoms with van der Waals surface area (Å²) in [7, 11) is 0. The molecule has 5 nitrogen and oxygen atoms in total. The predicted octanol–water partition coefficient (Wildman–Crippen LogP) is 1.88. The fourth-order valence-corrected chi connectivity index (χ4v) is 1.99. The number of benzene rings is 1. The summed E-state index contributed by atoms with van der Waals surface area (Å²) >= 11 is 0. The first-order chi connectivity index (χ1) is 8.72. The minimum Gasteiger partial charge on any atom is -0.397 e. The number of anilines is 2. The summed E-state index contributed by atoms with van der Waals surface area (Å²) in [4.78, 5) is 14.7. The molecule has 1 amide bonds. The number of carbonyl (C=O) groups excluding carboxylic acids is 1. The van der Waals surface area contributed by atoms with Gasteiger partial charge < -0.3 is 20.8 Å². The van der Waals surface area contributed by atoms with Crippen LogP contribution >= 0.6 is 0 Å². The molecule has 2 heterocycles. The SMILES string of the molecule is Nc1c[nH]c(C(=O)Nc2ccc3c(c2)COC3)c1. The number of ether oxygens (including phenoxy) is 1. The number of aromatic amines is 1. The number of nitrogens with two attached hydrogens (primary N) is 1. The van der Waals surface area contributed by atoms with Crippen molar-refractivity contribution < 1.29 is 9.53 Å². The van der Waals surface area contributed by atoms with Gasteiger partial charge in [0.05, 0.1) is 13.2 Å². The molecule has 1 aromatic heterocycles. The van der Waals surface area contributed by atoms with Gasteiger partial charge in [0, 0.05) is 17.6 Å². The molecule has 0 saturated heterocycles. The molecule has 0 saturated carbocycles. The summed E-state index contributed by atoms with van der Waals surface area (Å²) in [5.41, 5.74) is 9.61. The minimum atomic E-state index is -0.203. The molecule has 0 bridgehead atoms. The summed E-state index contributed by atoms with van der Waals surface area (Å²) < 4.78 is 5.33. The summed E-state index contributed by atoms with van der Waals surface area (Å²) in [6.45, 7) is 1.26. The molecule has 4 N–H and O–H groups in total.